The van der Waals surface area contributed by atoms with Crippen LogP contribution in [-0.2, 0) is 27.6 Å². The lowest BCUT2D eigenvalue weighted by Crippen LogP contribution is -2.38. The highest BCUT2D eigenvalue weighted by atomic mass is 35.5. The largest absolute Gasteiger partial charge is 0.492 e. The molecule has 0 radical (unpaired) electrons. The second-order valence-corrected chi connectivity index (χ2v) is 12.1. The average Bonchev–Trinajstić information content (AvgIpc) is 3.27. The van der Waals surface area contributed by atoms with Gasteiger partial charge in [-0.3, -0.25) is 4.79 Å². The molecule has 10 heteroatoms. The summed E-state index contributed by atoms with van der Waals surface area (Å²) in [6, 6.07) is 10.5. The van der Waals surface area contributed by atoms with Gasteiger partial charge < -0.3 is 14.4 Å². The Morgan fingerprint density at radius 2 is 1.84 bits per heavy atom. The standard InChI is InChI=1S/C27H35ClN2O6S/c1-27(2,3)36-26(32)30(15-12-19-9-6-7-10-22(19)28)14-8-4-5-11-23(31)21-17-20-13-16-35-25(20)24(18-21)37(29,33)34/h6-7,9-10,17-18H,4-5,8,11-16H2,1-3H3,(H2,29,33,34). The number of sulfonamides is 1. The second-order valence-electron chi connectivity index (χ2n) is 10.1. The van der Waals surface area contributed by atoms with Gasteiger partial charge in [0.1, 0.15) is 16.2 Å². The van der Waals surface area contributed by atoms with Crippen LogP contribution in [0.15, 0.2) is 41.3 Å². The fraction of sp³-hybridized carbons (Fsp3) is 0.481. The van der Waals surface area contributed by atoms with E-state index in [2.05, 4.69) is 0 Å². The number of Topliss-reactive ketones (excluding diaryl/α,β-unsaturated/α-hetero) is 1. The topological polar surface area (TPSA) is 116 Å². The minimum Gasteiger partial charge on any atom is -0.492 e. The number of benzene rings is 2. The van der Waals surface area contributed by atoms with E-state index in [0.29, 0.717) is 68.0 Å². The summed E-state index contributed by atoms with van der Waals surface area (Å²) in [7, 11) is -4.01. The molecule has 37 heavy (non-hydrogen) atoms. The summed E-state index contributed by atoms with van der Waals surface area (Å²) in [5.41, 5.74) is 1.36. The molecule has 1 aliphatic heterocycles. The van der Waals surface area contributed by atoms with E-state index in [4.69, 9.17) is 26.2 Å². The number of unbranched alkanes of at least 4 members (excludes halogenated alkanes) is 2. The second kappa shape index (κ2) is 12.3. The first-order chi connectivity index (χ1) is 17.3. The van der Waals surface area contributed by atoms with Crippen LogP contribution in [0.25, 0.3) is 0 Å². The van der Waals surface area contributed by atoms with E-state index in [1.807, 2.05) is 45.0 Å². The molecule has 0 aliphatic carbocycles. The Labute approximate surface area is 224 Å². The van der Waals surface area contributed by atoms with Crippen molar-refractivity contribution in [3.05, 3.63) is 58.1 Å². The molecule has 0 bridgehead atoms. The fourth-order valence-corrected chi connectivity index (χ4v) is 5.10. The number of ether oxygens (including phenoxy) is 2. The lowest BCUT2D eigenvalue weighted by Gasteiger charge is -2.27. The molecule has 2 aromatic rings. The molecule has 0 saturated carbocycles. The first-order valence-corrected chi connectivity index (χ1v) is 14.3. The normalized spacial score (nSPS) is 13.1. The van der Waals surface area contributed by atoms with Crippen LogP contribution in [0, 0.1) is 0 Å². The number of amides is 1. The van der Waals surface area contributed by atoms with Crippen LogP contribution in [-0.4, -0.2) is 50.5 Å². The number of ketones is 1. The maximum atomic E-state index is 12.8. The highest BCUT2D eigenvalue weighted by Crippen LogP contribution is 2.34. The number of nitrogens with zero attached hydrogens (tertiary/aromatic N) is 1. The SMILES string of the molecule is CC(C)(C)OC(=O)N(CCCCCC(=O)c1cc2c(c(S(N)(=O)=O)c1)OCC2)CCc1ccccc1Cl. The maximum Gasteiger partial charge on any atom is 0.410 e. The summed E-state index contributed by atoms with van der Waals surface area (Å²) in [6.07, 6.45) is 3.02. The highest BCUT2D eigenvalue weighted by molar-refractivity contribution is 7.89. The quantitative estimate of drug-likeness (QED) is 0.306. The number of primary sulfonamides is 1. The van der Waals surface area contributed by atoms with E-state index in [1.54, 1.807) is 11.0 Å². The zero-order chi connectivity index (χ0) is 27.2. The zero-order valence-corrected chi connectivity index (χ0v) is 23.2. The van der Waals surface area contributed by atoms with Gasteiger partial charge in [0.25, 0.3) is 0 Å². The number of fused-ring (bicyclic) bond motifs is 1. The van der Waals surface area contributed by atoms with Gasteiger partial charge in [0.15, 0.2) is 5.78 Å². The van der Waals surface area contributed by atoms with Gasteiger partial charge in [0, 0.05) is 36.5 Å². The van der Waals surface area contributed by atoms with Crippen LogP contribution < -0.4 is 9.88 Å². The van der Waals surface area contributed by atoms with Gasteiger partial charge in [-0.2, -0.15) is 0 Å². The zero-order valence-electron chi connectivity index (χ0n) is 21.6. The molecule has 1 amide bonds. The number of hydrogen-bond acceptors (Lipinski definition) is 6. The molecule has 0 fully saturated rings. The molecule has 202 valence electrons. The monoisotopic (exact) mass is 550 g/mol. The van der Waals surface area contributed by atoms with Gasteiger partial charge >= 0.3 is 6.09 Å². The van der Waals surface area contributed by atoms with Crippen molar-refractivity contribution >= 4 is 33.5 Å². The number of carbonyl (C=O) groups is 2. The third-order valence-corrected chi connectivity index (χ3v) is 7.26. The first-order valence-electron chi connectivity index (χ1n) is 12.4. The molecule has 2 aromatic carbocycles. The van der Waals surface area contributed by atoms with Crippen molar-refractivity contribution in [3.8, 4) is 5.75 Å². The van der Waals surface area contributed by atoms with Crippen LogP contribution in [0.2, 0.25) is 5.02 Å². The van der Waals surface area contributed by atoms with Crippen LogP contribution in [0.4, 0.5) is 4.79 Å². The van der Waals surface area contributed by atoms with Crippen LogP contribution in [0.5, 0.6) is 5.75 Å². The van der Waals surface area contributed by atoms with Gasteiger partial charge in [-0.1, -0.05) is 36.2 Å². The van der Waals surface area contributed by atoms with E-state index in [1.165, 1.54) is 6.07 Å². The first kappa shape index (κ1) is 28.9. The summed E-state index contributed by atoms with van der Waals surface area (Å²) < 4.78 is 34.9. The molecule has 1 aliphatic rings. The van der Waals surface area contributed by atoms with Gasteiger partial charge in [-0.05, 0) is 69.4 Å². The Morgan fingerprint density at radius 1 is 1.11 bits per heavy atom. The molecular weight excluding hydrogens is 516 g/mol. The minimum absolute atomic E-state index is 0.141. The molecule has 0 spiro atoms. The Kier molecular flexibility index (Phi) is 9.61. The summed E-state index contributed by atoms with van der Waals surface area (Å²) in [5, 5.41) is 5.99. The molecule has 0 saturated heterocycles. The Bertz CT molecular complexity index is 1240. The third-order valence-electron chi connectivity index (χ3n) is 5.97. The van der Waals surface area contributed by atoms with Gasteiger partial charge in [-0.25, -0.2) is 18.4 Å². The molecule has 0 atom stereocenters. The van der Waals surface area contributed by atoms with Crippen LogP contribution in [0.3, 0.4) is 0 Å². The average molecular weight is 551 g/mol. The lowest BCUT2D eigenvalue weighted by molar-refractivity contribution is 0.0248. The Hall–Kier alpha value is -2.62. The highest BCUT2D eigenvalue weighted by Gasteiger charge is 2.26. The van der Waals surface area contributed by atoms with Gasteiger partial charge in [0.2, 0.25) is 10.0 Å². The summed E-state index contributed by atoms with van der Waals surface area (Å²) in [5.74, 6) is 0.0976. The van der Waals surface area contributed by atoms with Crippen molar-refractivity contribution in [2.45, 2.75) is 69.8 Å². The molecule has 0 unspecified atom stereocenters. The molecule has 0 aromatic heterocycles. The van der Waals surface area contributed by atoms with E-state index < -0.39 is 15.6 Å². The van der Waals surface area contributed by atoms with E-state index in [9.17, 15) is 18.0 Å². The fourth-order valence-electron chi connectivity index (χ4n) is 4.13. The predicted octanol–water partition coefficient (Wildman–Crippen LogP) is 5.15. The number of halogens is 1. The third kappa shape index (κ3) is 8.45. The number of rotatable bonds is 11. The van der Waals surface area contributed by atoms with Crippen LogP contribution >= 0.6 is 11.6 Å². The number of carbonyl (C=O) groups excluding carboxylic acids is 2. The maximum absolute atomic E-state index is 12.8. The molecule has 2 N–H and O–H groups in total. The van der Waals surface area contributed by atoms with E-state index in [0.717, 1.165) is 5.56 Å². The number of nitrogens with two attached hydrogens (primary N) is 1. The van der Waals surface area contributed by atoms with Crippen molar-refractivity contribution in [1.29, 1.82) is 0 Å². The summed E-state index contributed by atoms with van der Waals surface area (Å²) in [6.45, 7) is 6.80. The van der Waals surface area contributed by atoms with Gasteiger partial charge in [-0.15, -0.1) is 0 Å². The minimum atomic E-state index is -4.01. The molecular formula is C27H35ClN2O6S. The molecule has 1 heterocycles. The van der Waals surface area contributed by atoms with Crippen molar-refractivity contribution in [3.63, 3.8) is 0 Å². The van der Waals surface area contributed by atoms with Crippen molar-refractivity contribution in [1.82, 2.24) is 4.90 Å². The van der Waals surface area contributed by atoms with Gasteiger partial charge in [0.05, 0.1) is 6.61 Å². The molecule has 3 rings (SSSR count). The molecule has 8 nitrogen and oxygen atoms in total. The summed E-state index contributed by atoms with van der Waals surface area (Å²) in [4.78, 5) is 27.1. The van der Waals surface area contributed by atoms with Crippen molar-refractivity contribution in [2.24, 2.45) is 5.14 Å². The van der Waals surface area contributed by atoms with Crippen molar-refractivity contribution < 1.29 is 27.5 Å². The van der Waals surface area contributed by atoms with Crippen LogP contribution in [0.1, 0.15) is 67.9 Å². The predicted molar refractivity (Wildman–Crippen MR) is 143 cm³/mol. The summed E-state index contributed by atoms with van der Waals surface area (Å²) >= 11 is 6.27. The lowest BCUT2D eigenvalue weighted by atomic mass is 10.0. The Balaban J connectivity index is 1.55. The number of hydrogen-bond donors (Lipinski definition) is 1. The van der Waals surface area contributed by atoms with Crippen molar-refractivity contribution in [2.75, 3.05) is 19.7 Å². The van der Waals surface area contributed by atoms with E-state index in [-0.39, 0.29) is 28.9 Å². The Morgan fingerprint density at radius 3 is 2.51 bits per heavy atom. The smallest absolute Gasteiger partial charge is 0.410 e. The van der Waals surface area contributed by atoms with E-state index >= 15 is 0 Å².